The molecule has 1 heterocycles. The van der Waals surface area contributed by atoms with E-state index in [1.165, 1.54) is 31.4 Å². The first kappa shape index (κ1) is 13.9. The van der Waals surface area contributed by atoms with Crippen LogP contribution in [-0.4, -0.2) is 23.4 Å². The van der Waals surface area contributed by atoms with Gasteiger partial charge in [0.25, 0.3) is 0 Å². The van der Waals surface area contributed by atoms with Crippen molar-refractivity contribution in [1.82, 2.24) is 15.1 Å². The van der Waals surface area contributed by atoms with Crippen molar-refractivity contribution in [2.24, 2.45) is 17.8 Å². The summed E-state index contributed by atoms with van der Waals surface area (Å²) in [5, 5.41) is 8.20. The second-order valence-corrected chi connectivity index (χ2v) is 6.14. The third-order valence-electron chi connectivity index (χ3n) is 5.19. The zero-order valence-corrected chi connectivity index (χ0v) is 12.9. The molecule has 0 aliphatic heterocycles. The monoisotopic (exact) mass is 277 g/mol. The van der Waals surface area contributed by atoms with Crippen molar-refractivity contribution in [2.75, 3.05) is 13.7 Å². The van der Waals surface area contributed by atoms with Crippen molar-refractivity contribution >= 4 is 0 Å². The standard InChI is InChI=1S/C16H27N3O/c1-4-17-15(14-11-8-6-7-9-12(11)14)16-13(20-3)10-18-19(16)5-2/h10-12,14-15,17H,4-9H2,1-3H3. The highest BCUT2D eigenvalue weighted by molar-refractivity contribution is 5.31. The average molecular weight is 277 g/mol. The predicted octanol–water partition coefficient (Wildman–Crippen LogP) is 3.00. The van der Waals surface area contributed by atoms with Crippen molar-refractivity contribution in [3.05, 3.63) is 11.9 Å². The van der Waals surface area contributed by atoms with Crippen LogP contribution in [0.3, 0.4) is 0 Å². The molecule has 0 amide bonds. The number of aryl methyl sites for hydroxylation is 1. The lowest BCUT2D eigenvalue weighted by atomic mass is 10.0. The van der Waals surface area contributed by atoms with Gasteiger partial charge in [0.2, 0.25) is 0 Å². The molecule has 0 bridgehead atoms. The molecule has 1 aromatic heterocycles. The Labute approximate surface area is 121 Å². The highest BCUT2D eigenvalue weighted by Gasteiger charge is 2.55. The maximum Gasteiger partial charge on any atom is 0.161 e. The first-order valence-corrected chi connectivity index (χ1v) is 8.14. The minimum absolute atomic E-state index is 0.408. The van der Waals surface area contributed by atoms with E-state index in [4.69, 9.17) is 4.74 Å². The Morgan fingerprint density at radius 1 is 1.35 bits per heavy atom. The van der Waals surface area contributed by atoms with Crippen LogP contribution in [0.1, 0.15) is 51.3 Å². The molecule has 3 rings (SSSR count). The molecular weight excluding hydrogens is 250 g/mol. The summed E-state index contributed by atoms with van der Waals surface area (Å²) < 4.78 is 7.67. The Hall–Kier alpha value is -1.03. The normalized spacial score (nSPS) is 29.9. The third-order valence-corrected chi connectivity index (χ3v) is 5.19. The second-order valence-electron chi connectivity index (χ2n) is 6.14. The molecule has 3 unspecified atom stereocenters. The number of rotatable bonds is 6. The van der Waals surface area contributed by atoms with E-state index in [0.29, 0.717) is 6.04 Å². The van der Waals surface area contributed by atoms with E-state index in [0.717, 1.165) is 36.6 Å². The third kappa shape index (κ3) is 2.24. The van der Waals surface area contributed by atoms with Gasteiger partial charge in [0.05, 0.1) is 25.0 Å². The molecule has 4 heteroatoms. The van der Waals surface area contributed by atoms with Gasteiger partial charge in [0.1, 0.15) is 0 Å². The number of hydrogen-bond donors (Lipinski definition) is 1. The first-order chi connectivity index (χ1) is 9.81. The van der Waals surface area contributed by atoms with Gasteiger partial charge in [0.15, 0.2) is 5.75 Å². The van der Waals surface area contributed by atoms with Crippen molar-refractivity contribution in [2.45, 2.75) is 52.1 Å². The Kier molecular flexibility index (Phi) is 4.01. The van der Waals surface area contributed by atoms with Crippen LogP contribution in [0, 0.1) is 17.8 Å². The molecule has 3 atom stereocenters. The molecule has 2 saturated carbocycles. The molecule has 0 spiro atoms. The summed E-state index contributed by atoms with van der Waals surface area (Å²) in [4.78, 5) is 0. The minimum Gasteiger partial charge on any atom is -0.493 e. The Balaban J connectivity index is 1.89. The fourth-order valence-electron chi connectivity index (χ4n) is 4.28. The molecule has 2 fully saturated rings. The van der Waals surface area contributed by atoms with E-state index in [1.807, 2.05) is 6.20 Å². The van der Waals surface area contributed by atoms with Gasteiger partial charge >= 0.3 is 0 Å². The fourth-order valence-corrected chi connectivity index (χ4v) is 4.28. The lowest BCUT2D eigenvalue weighted by Gasteiger charge is -2.21. The minimum atomic E-state index is 0.408. The van der Waals surface area contributed by atoms with Crippen LogP contribution in [0.4, 0.5) is 0 Å². The molecule has 112 valence electrons. The number of nitrogens with one attached hydrogen (secondary N) is 1. The van der Waals surface area contributed by atoms with Crippen LogP contribution in [-0.2, 0) is 6.54 Å². The lowest BCUT2D eigenvalue weighted by Crippen LogP contribution is -2.27. The fraction of sp³-hybridized carbons (Fsp3) is 0.812. The molecule has 2 aliphatic carbocycles. The average Bonchev–Trinajstić information content (AvgIpc) is 3.05. The summed E-state index contributed by atoms with van der Waals surface area (Å²) in [6.07, 6.45) is 7.54. The maximum absolute atomic E-state index is 5.56. The highest BCUT2D eigenvalue weighted by Crippen LogP contribution is 2.60. The molecule has 0 radical (unpaired) electrons. The molecule has 1 aromatic rings. The molecule has 0 aromatic carbocycles. The van der Waals surface area contributed by atoms with Crippen molar-refractivity contribution < 1.29 is 4.74 Å². The quantitative estimate of drug-likeness (QED) is 0.869. The Bertz CT molecular complexity index is 423. The van der Waals surface area contributed by atoms with E-state index in [-0.39, 0.29) is 0 Å². The van der Waals surface area contributed by atoms with E-state index >= 15 is 0 Å². The van der Waals surface area contributed by atoms with E-state index in [9.17, 15) is 0 Å². The number of aromatic nitrogens is 2. The van der Waals surface area contributed by atoms with Crippen LogP contribution in [0.15, 0.2) is 6.20 Å². The van der Waals surface area contributed by atoms with Gasteiger partial charge in [-0.3, -0.25) is 4.68 Å². The highest BCUT2D eigenvalue weighted by atomic mass is 16.5. The molecule has 2 aliphatic rings. The van der Waals surface area contributed by atoms with Crippen LogP contribution in [0.5, 0.6) is 5.75 Å². The molecule has 4 nitrogen and oxygen atoms in total. The molecule has 0 saturated heterocycles. The van der Waals surface area contributed by atoms with E-state index in [2.05, 4.69) is 28.9 Å². The topological polar surface area (TPSA) is 39.1 Å². The Morgan fingerprint density at radius 3 is 2.60 bits per heavy atom. The van der Waals surface area contributed by atoms with Crippen molar-refractivity contribution in [3.63, 3.8) is 0 Å². The lowest BCUT2D eigenvalue weighted by molar-refractivity contribution is 0.372. The van der Waals surface area contributed by atoms with Gasteiger partial charge < -0.3 is 10.1 Å². The van der Waals surface area contributed by atoms with Gasteiger partial charge in [0, 0.05) is 6.54 Å². The van der Waals surface area contributed by atoms with Crippen LogP contribution in [0.25, 0.3) is 0 Å². The van der Waals surface area contributed by atoms with Gasteiger partial charge in [-0.1, -0.05) is 19.8 Å². The predicted molar refractivity (Wildman–Crippen MR) is 79.8 cm³/mol. The largest absolute Gasteiger partial charge is 0.493 e. The Morgan fingerprint density at radius 2 is 2.05 bits per heavy atom. The summed E-state index contributed by atoms with van der Waals surface area (Å²) in [7, 11) is 1.75. The van der Waals surface area contributed by atoms with Crippen molar-refractivity contribution in [3.8, 4) is 5.75 Å². The molecule has 20 heavy (non-hydrogen) atoms. The van der Waals surface area contributed by atoms with Gasteiger partial charge in [-0.05, 0) is 44.1 Å². The van der Waals surface area contributed by atoms with Gasteiger partial charge in [-0.2, -0.15) is 5.10 Å². The van der Waals surface area contributed by atoms with E-state index < -0.39 is 0 Å². The SMILES string of the molecule is CCNC(c1c(OC)cnn1CC)C1C2CCCCC21. The number of methoxy groups -OCH3 is 1. The first-order valence-electron chi connectivity index (χ1n) is 8.14. The van der Waals surface area contributed by atoms with Crippen molar-refractivity contribution in [1.29, 1.82) is 0 Å². The second kappa shape index (κ2) is 5.76. The number of hydrogen-bond acceptors (Lipinski definition) is 3. The van der Waals surface area contributed by atoms with Crippen LogP contribution in [0.2, 0.25) is 0 Å². The summed E-state index contributed by atoms with van der Waals surface area (Å²) in [5.41, 5.74) is 1.26. The summed E-state index contributed by atoms with van der Waals surface area (Å²) in [5.74, 6) is 3.59. The molecule has 1 N–H and O–H groups in total. The summed E-state index contributed by atoms with van der Waals surface area (Å²) in [6, 6.07) is 0.408. The maximum atomic E-state index is 5.56. The summed E-state index contributed by atoms with van der Waals surface area (Å²) >= 11 is 0. The zero-order chi connectivity index (χ0) is 14.1. The van der Waals surface area contributed by atoms with E-state index in [1.54, 1.807) is 7.11 Å². The number of fused-ring (bicyclic) bond motifs is 1. The van der Waals surface area contributed by atoms with Gasteiger partial charge in [-0.25, -0.2) is 0 Å². The van der Waals surface area contributed by atoms with Gasteiger partial charge in [-0.15, -0.1) is 0 Å². The summed E-state index contributed by atoms with van der Waals surface area (Å²) in [6.45, 7) is 6.25. The number of ether oxygens (including phenoxy) is 1. The smallest absolute Gasteiger partial charge is 0.161 e. The molecular formula is C16H27N3O. The number of nitrogens with zero attached hydrogens (tertiary/aromatic N) is 2. The van der Waals surface area contributed by atoms with Crippen LogP contribution >= 0.6 is 0 Å². The van der Waals surface area contributed by atoms with Crippen LogP contribution < -0.4 is 10.1 Å². The zero-order valence-electron chi connectivity index (χ0n) is 12.9.